The molecule has 1 heterocycles. The number of alkyl halides is 1. The molecule has 0 bridgehead atoms. The molecular formula is C17H20ClNO4. The molecule has 0 radical (unpaired) electrons. The maximum absolute atomic E-state index is 11.9. The molecule has 0 aliphatic carbocycles. The zero-order chi connectivity index (χ0) is 17.0. The molecule has 0 amide bonds. The van der Waals surface area contributed by atoms with Gasteiger partial charge < -0.3 is 14.4 Å². The molecule has 6 heteroatoms. The number of nitrogens with zero attached hydrogens (tertiary/aromatic N) is 1. The Hall–Kier alpha value is -2.01. The van der Waals surface area contributed by atoms with Crippen molar-refractivity contribution in [3.05, 3.63) is 35.4 Å². The molecule has 0 saturated carbocycles. The smallest absolute Gasteiger partial charge is 0.348 e. The summed E-state index contributed by atoms with van der Waals surface area (Å²) in [6, 6.07) is 7.51. The molecule has 1 aromatic carbocycles. The highest BCUT2D eigenvalue weighted by Gasteiger charge is 2.38. The first-order chi connectivity index (χ1) is 10.9. The largest absolute Gasteiger partial charge is 0.419 e. The normalized spacial score (nSPS) is 16.6. The predicted molar refractivity (Wildman–Crippen MR) is 89.3 cm³/mol. The lowest BCUT2D eigenvalue weighted by Gasteiger charge is -2.29. The Morgan fingerprint density at radius 1 is 1.13 bits per heavy atom. The van der Waals surface area contributed by atoms with Crippen LogP contribution in [0.4, 0.5) is 5.69 Å². The van der Waals surface area contributed by atoms with Gasteiger partial charge in [-0.1, -0.05) is 12.1 Å². The Balaban J connectivity index is 2.20. The van der Waals surface area contributed by atoms with Crippen molar-refractivity contribution in [2.45, 2.75) is 26.6 Å². The van der Waals surface area contributed by atoms with Crippen molar-refractivity contribution in [1.29, 1.82) is 0 Å². The van der Waals surface area contributed by atoms with Gasteiger partial charge in [-0.05, 0) is 30.7 Å². The summed E-state index contributed by atoms with van der Waals surface area (Å²) < 4.78 is 10.1. The van der Waals surface area contributed by atoms with E-state index in [2.05, 4.69) is 11.8 Å². The maximum atomic E-state index is 11.9. The molecule has 0 spiro atoms. The number of carbonyl (C=O) groups excluding carboxylic acids is 2. The van der Waals surface area contributed by atoms with Gasteiger partial charge in [0.15, 0.2) is 0 Å². The quantitative estimate of drug-likeness (QED) is 0.358. The van der Waals surface area contributed by atoms with Gasteiger partial charge in [0, 0.05) is 38.5 Å². The van der Waals surface area contributed by atoms with E-state index in [0.29, 0.717) is 5.88 Å². The third kappa shape index (κ3) is 4.26. The van der Waals surface area contributed by atoms with Crippen LogP contribution in [-0.2, 0) is 19.1 Å². The van der Waals surface area contributed by atoms with Crippen LogP contribution in [0.5, 0.6) is 0 Å². The standard InChI is InChI=1S/C17H20ClNO4/c1-4-19(10-9-18)13-7-5-12(6-8-13)11-14-15(20)22-17(2,3)23-16(14)21/h5-8,11H,4,9-10H2,1-3H3. The zero-order valence-electron chi connectivity index (χ0n) is 13.5. The van der Waals surface area contributed by atoms with Crippen LogP contribution in [0.3, 0.4) is 0 Å². The number of esters is 2. The summed E-state index contributed by atoms with van der Waals surface area (Å²) in [6.45, 7) is 6.69. The number of hydrogen-bond acceptors (Lipinski definition) is 5. The fourth-order valence-corrected chi connectivity index (χ4v) is 2.50. The lowest BCUT2D eigenvalue weighted by Crippen LogP contribution is -2.41. The van der Waals surface area contributed by atoms with E-state index < -0.39 is 17.7 Å². The SMILES string of the molecule is CCN(CCCl)c1ccc(C=C2C(=O)OC(C)(C)OC2=O)cc1. The van der Waals surface area contributed by atoms with Crippen LogP contribution in [0.15, 0.2) is 29.8 Å². The third-order valence-electron chi connectivity index (χ3n) is 3.42. The number of halogens is 1. The summed E-state index contributed by atoms with van der Waals surface area (Å²) in [6.07, 6.45) is 1.47. The molecule has 0 aromatic heterocycles. The summed E-state index contributed by atoms with van der Waals surface area (Å²) in [5, 5.41) is 0. The van der Waals surface area contributed by atoms with E-state index in [1.165, 1.54) is 19.9 Å². The van der Waals surface area contributed by atoms with Crippen molar-refractivity contribution in [3.8, 4) is 0 Å². The van der Waals surface area contributed by atoms with Crippen LogP contribution in [0, 0.1) is 0 Å². The Labute approximate surface area is 140 Å². The van der Waals surface area contributed by atoms with Crippen molar-refractivity contribution >= 4 is 35.3 Å². The van der Waals surface area contributed by atoms with E-state index in [0.717, 1.165) is 24.3 Å². The van der Waals surface area contributed by atoms with Gasteiger partial charge in [0.1, 0.15) is 5.57 Å². The molecular weight excluding hydrogens is 318 g/mol. The summed E-state index contributed by atoms with van der Waals surface area (Å²) in [7, 11) is 0. The number of rotatable bonds is 5. The highest BCUT2D eigenvalue weighted by molar-refractivity contribution is 6.19. The van der Waals surface area contributed by atoms with Gasteiger partial charge in [0.25, 0.3) is 5.79 Å². The van der Waals surface area contributed by atoms with E-state index in [9.17, 15) is 9.59 Å². The maximum Gasteiger partial charge on any atom is 0.348 e. The number of benzene rings is 1. The van der Waals surface area contributed by atoms with Crippen LogP contribution in [0.1, 0.15) is 26.3 Å². The van der Waals surface area contributed by atoms with Gasteiger partial charge in [0.05, 0.1) is 0 Å². The summed E-state index contributed by atoms with van der Waals surface area (Å²) in [5.74, 6) is -2.02. The molecule has 0 unspecified atom stereocenters. The summed E-state index contributed by atoms with van der Waals surface area (Å²) in [4.78, 5) is 26.0. The molecule has 0 N–H and O–H groups in total. The Bertz CT molecular complexity index is 600. The number of carbonyl (C=O) groups is 2. The minimum Gasteiger partial charge on any atom is -0.419 e. The molecule has 1 aliphatic heterocycles. The molecule has 5 nitrogen and oxygen atoms in total. The van der Waals surface area contributed by atoms with Crippen molar-refractivity contribution < 1.29 is 19.1 Å². The predicted octanol–water partition coefficient (Wildman–Crippen LogP) is 2.97. The highest BCUT2D eigenvalue weighted by Crippen LogP contribution is 2.24. The van der Waals surface area contributed by atoms with Crippen LogP contribution >= 0.6 is 11.6 Å². The minimum absolute atomic E-state index is 0.106. The molecule has 1 aromatic rings. The topological polar surface area (TPSA) is 55.8 Å². The van der Waals surface area contributed by atoms with Crippen molar-refractivity contribution in [3.63, 3.8) is 0 Å². The average molecular weight is 338 g/mol. The molecule has 1 fully saturated rings. The second-order valence-corrected chi connectivity index (χ2v) is 5.98. The first kappa shape index (κ1) is 17.3. The number of ether oxygens (including phenoxy) is 2. The number of cyclic esters (lactones) is 2. The van der Waals surface area contributed by atoms with Crippen molar-refractivity contribution in [2.75, 3.05) is 23.9 Å². The number of hydrogen-bond donors (Lipinski definition) is 0. The van der Waals surface area contributed by atoms with Crippen LogP contribution in [0.25, 0.3) is 6.08 Å². The van der Waals surface area contributed by atoms with E-state index in [-0.39, 0.29) is 5.57 Å². The van der Waals surface area contributed by atoms with Crippen LogP contribution in [0.2, 0.25) is 0 Å². The molecule has 2 rings (SSSR count). The van der Waals surface area contributed by atoms with E-state index in [1.807, 2.05) is 24.3 Å². The van der Waals surface area contributed by atoms with Gasteiger partial charge in [-0.25, -0.2) is 9.59 Å². The second-order valence-electron chi connectivity index (χ2n) is 5.60. The number of anilines is 1. The summed E-state index contributed by atoms with van der Waals surface area (Å²) in [5.41, 5.74) is 1.65. The molecule has 1 saturated heterocycles. The minimum atomic E-state index is -1.22. The molecule has 0 atom stereocenters. The molecule has 23 heavy (non-hydrogen) atoms. The van der Waals surface area contributed by atoms with Gasteiger partial charge in [-0.3, -0.25) is 0 Å². The Kier molecular flexibility index (Phi) is 5.31. The van der Waals surface area contributed by atoms with Gasteiger partial charge in [0.2, 0.25) is 0 Å². The van der Waals surface area contributed by atoms with Gasteiger partial charge >= 0.3 is 11.9 Å². The molecule has 124 valence electrons. The fraction of sp³-hybridized carbons (Fsp3) is 0.412. The molecule has 1 aliphatic rings. The summed E-state index contributed by atoms with van der Waals surface area (Å²) >= 11 is 5.79. The van der Waals surface area contributed by atoms with E-state index in [1.54, 1.807) is 0 Å². The van der Waals surface area contributed by atoms with Crippen molar-refractivity contribution in [1.82, 2.24) is 0 Å². The second kappa shape index (κ2) is 7.04. The highest BCUT2D eigenvalue weighted by atomic mass is 35.5. The van der Waals surface area contributed by atoms with Crippen LogP contribution in [-0.4, -0.2) is 36.7 Å². The van der Waals surface area contributed by atoms with Crippen molar-refractivity contribution in [2.24, 2.45) is 0 Å². The monoisotopic (exact) mass is 337 g/mol. The van der Waals surface area contributed by atoms with E-state index in [4.69, 9.17) is 21.1 Å². The Morgan fingerprint density at radius 3 is 2.17 bits per heavy atom. The first-order valence-corrected chi connectivity index (χ1v) is 7.99. The van der Waals surface area contributed by atoms with Crippen LogP contribution < -0.4 is 4.90 Å². The lowest BCUT2D eigenvalue weighted by atomic mass is 10.1. The zero-order valence-corrected chi connectivity index (χ0v) is 14.2. The van der Waals surface area contributed by atoms with Gasteiger partial charge in [-0.15, -0.1) is 11.6 Å². The third-order valence-corrected chi connectivity index (χ3v) is 3.59. The first-order valence-electron chi connectivity index (χ1n) is 7.45. The van der Waals surface area contributed by atoms with E-state index >= 15 is 0 Å². The fourth-order valence-electron chi connectivity index (χ4n) is 2.30. The Morgan fingerprint density at radius 2 is 1.70 bits per heavy atom. The average Bonchev–Trinajstić information content (AvgIpc) is 2.48. The van der Waals surface area contributed by atoms with Gasteiger partial charge in [-0.2, -0.15) is 0 Å². The lowest BCUT2D eigenvalue weighted by molar-refractivity contribution is -0.222.